The van der Waals surface area contributed by atoms with Gasteiger partial charge in [0.1, 0.15) is 0 Å². The lowest BCUT2D eigenvalue weighted by Gasteiger charge is -2.25. The molecule has 0 saturated carbocycles. The molecular weight excluding hydrogens is 212 g/mol. The number of carboxylic acid groups (broad SMARTS) is 1. The molecule has 0 bridgehead atoms. The van der Waals surface area contributed by atoms with Crippen molar-refractivity contribution in [2.24, 2.45) is 0 Å². The van der Waals surface area contributed by atoms with Crippen molar-refractivity contribution in [2.45, 2.75) is 39.2 Å². The average molecular weight is 228 g/mol. The number of aromatic carboxylic acids is 1. The van der Waals surface area contributed by atoms with E-state index < -0.39 is 5.97 Å². The highest BCUT2D eigenvalue weighted by molar-refractivity contribution is 7.13. The van der Waals surface area contributed by atoms with Gasteiger partial charge in [-0.15, -0.1) is 11.3 Å². The van der Waals surface area contributed by atoms with E-state index in [1.165, 1.54) is 11.3 Å². The van der Waals surface area contributed by atoms with Gasteiger partial charge in [0.05, 0.1) is 0 Å². The van der Waals surface area contributed by atoms with E-state index in [4.69, 9.17) is 5.11 Å². The molecule has 0 fully saturated rings. The van der Waals surface area contributed by atoms with Gasteiger partial charge in [-0.1, -0.05) is 13.3 Å². The zero-order chi connectivity index (χ0) is 11.5. The van der Waals surface area contributed by atoms with Crippen molar-refractivity contribution in [1.82, 2.24) is 4.98 Å². The summed E-state index contributed by atoms with van der Waals surface area (Å²) in [6.07, 6.45) is 2.10. The highest BCUT2D eigenvalue weighted by Crippen LogP contribution is 2.22. The first kappa shape index (κ1) is 12.0. The molecule has 0 aliphatic rings. The Bertz CT molecular complexity index is 347. The molecule has 2 N–H and O–H groups in total. The van der Waals surface area contributed by atoms with E-state index in [2.05, 4.69) is 31.1 Å². The molecule has 4 nitrogen and oxygen atoms in total. The molecule has 0 atom stereocenters. The van der Waals surface area contributed by atoms with Gasteiger partial charge in [-0.3, -0.25) is 0 Å². The zero-order valence-corrected chi connectivity index (χ0v) is 10.0. The van der Waals surface area contributed by atoms with E-state index in [0.29, 0.717) is 5.13 Å². The van der Waals surface area contributed by atoms with Crippen LogP contribution in [0, 0.1) is 0 Å². The minimum absolute atomic E-state index is 0.0393. The lowest BCUT2D eigenvalue weighted by atomic mass is 10.00. The second-order valence-electron chi connectivity index (χ2n) is 4.10. The summed E-state index contributed by atoms with van der Waals surface area (Å²) in [5.41, 5.74) is 0.0670. The van der Waals surface area contributed by atoms with Crippen molar-refractivity contribution < 1.29 is 9.90 Å². The van der Waals surface area contributed by atoms with Gasteiger partial charge < -0.3 is 10.4 Å². The Morgan fingerprint density at radius 2 is 2.33 bits per heavy atom. The Kier molecular flexibility index (Phi) is 3.68. The van der Waals surface area contributed by atoms with Crippen LogP contribution < -0.4 is 5.32 Å². The molecule has 0 amide bonds. The number of nitrogens with one attached hydrogen (secondary N) is 1. The summed E-state index contributed by atoms with van der Waals surface area (Å²) in [5.74, 6) is -0.979. The standard InChI is InChI=1S/C10H16N2O2S/c1-4-5-10(2,3)12-9-11-7(6-15-9)8(13)14/h6H,4-5H2,1-3H3,(H,11,12)(H,13,14). The van der Waals surface area contributed by atoms with Crippen LogP contribution in [0.25, 0.3) is 0 Å². The van der Waals surface area contributed by atoms with Gasteiger partial charge in [-0.05, 0) is 20.3 Å². The van der Waals surface area contributed by atoms with Gasteiger partial charge in [-0.2, -0.15) is 0 Å². The summed E-state index contributed by atoms with van der Waals surface area (Å²) in [5, 5.41) is 14.2. The highest BCUT2D eigenvalue weighted by Gasteiger charge is 2.18. The van der Waals surface area contributed by atoms with E-state index in [1.54, 1.807) is 5.38 Å². The molecule has 0 radical (unpaired) electrons. The summed E-state index contributed by atoms with van der Waals surface area (Å²) in [4.78, 5) is 14.6. The summed E-state index contributed by atoms with van der Waals surface area (Å²) < 4.78 is 0. The molecule has 0 aliphatic carbocycles. The van der Waals surface area contributed by atoms with E-state index >= 15 is 0 Å². The second kappa shape index (κ2) is 4.61. The number of carbonyl (C=O) groups is 1. The molecule has 5 heteroatoms. The molecular formula is C10H16N2O2S. The van der Waals surface area contributed by atoms with Crippen molar-refractivity contribution in [3.63, 3.8) is 0 Å². The minimum atomic E-state index is -0.979. The largest absolute Gasteiger partial charge is 0.476 e. The van der Waals surface area contributed by atoms with Gasteiger partial charge in [0.2, 0.25) is 0 Å². The molecule has 1 aromatic rings. The summed E-state index contributed by atoms with van der Waals surface area (Å²) in [6.45, 7) is 6.28. The maximum atomic E-state index is 10.6. The number of aromatic nitrogens is 1. The van der Waals surface area contributed by atoms with Crippen LogP contribution in [0.2, 0.25) is 0 Å². The Labute approximate surface area is 93.4 Å². The van der Waals surface area contributed by atoms with Crippen LogP contribution in [-0.2, 0) is 0 Å². The summed E-state index contributed by atoms with van der Waals surface area (Å²) in [7, 11) is 0. The number of nitrogens with zero attached hydrogens (tertiary/aromatic N) is 1. The second-order valence-corrected chi connectivity index (χ2v) is 4.96. The maximum Gasteiger partial charge on any atom is 0.355 e. The Morgan fingerprint density at radius 1 is 1.67 bits per heavy atom. The quantitative estimate of drug-likeness (QED) is 0.813. The molecule has 0 saturated heterocycles. The van der Waals surface area contributed by atoms with Crippen LogP contribution in [0.4, 0.5) is 5.13 Å². The van der Waals surface area contributed by atoms with Crippen LogP contribution in [-0.4, -0.2) is 21.6 Å². The number of rotatable bonds is 5. The first-order valence-corrected chi connectivity index (χ1v) is 5.79. The SMILES string of the molecule is CCCC(C)(C)Nc1nc(C(=O)O)cs1. The van der Waals surface area contributed by atoms with Crippen molar-refractivity contribution in [2.75, 3.05) is 5.32 Å². The third-order valence-corrected chi connectivity index (χ3v) is 2.80. The molecule has 0 unspecified atom stereocenters. The molecule has 1 aromatic heterocycles. The lowest BCUT2D eigenvalue weighted by Crippen LogP contribution is -2.30. The Hall–Kier alpha value is -1.10. The fourth-order valence-electron chi connectivity index (χ4n) is 1.41. The van der Waals surface area contributed by atoms with Crippen LogP contribution in [0.3, 0.4) is 0 Å². The molecule has 0 aromatic carbocycles. The number of thiazole rings is 1. The number of hydrogen-bond acceptors (Lipinski definition) is 4. The summed E-state index contributed by atoms with van der Waals surface area (Å²) in [6, 6.07) is 0. The van der Waals surface area contributed by atoms with E-state index in [9.17, 15) is 4.79 Å². The summed E-state index contributed by atoms with van der Waals surface area (Å²) >= 11 is 1.33. The van der Waals surface area contributed by atoms with Gasteiger partial charge >= 0.3 is 5.97 Å². The van der Waals surface area contributed by atoms with Gasteiger partial charge in [-0.25, -0.2) is 9.78 Å². The topological polar surface area (TPSA) is 62.2 Å². The van der Waals surface area contributed by atoms with Crippen molar-refractivity contribution in [1.29, 1.82) is 0 Å². The fraction of sp³-hybridized carbons (Fsp3) is 0.600. The van der Waals surface area contributed by atoms with Crippen molar-refractivity contribution in [3.05, 3.63) is 11.1 Å². The van der Waals surface area contributed by atoms with E-state index in [0.717, 1.165) is 12.8 Å². The Balaban J connectivity index is 2.68. The van der Waals surface area contributed by atoms with Crippen molar-refractivity contribution in [3.8, 4) is 0 Å². The van der Waals surface area contributed by atoms with Crippen LogP contribution in [0.1, 0.15) is 44.1 Å². The predicted molar refractivity (Wildman–Crippen MR) is 61.7 cm³/mol. The number of anilines is 1. The molecule has 1 heterocycles. The van der Waals surface area contributed by atoms with Gasteiger partial charge in [0.25, 0.3) is 0 Å². The third kappa shape index (κ3) is 3.51. The van der Waals surface area contributed by atoms with Gasteiger partial charge in [0.15, 0.2) is 10.8 Å². The first-order chi connectivity index (χ1) is 6.94. The third-order valence-electron chi connectivity index (χ3n) is 2.04. The zero-order valence-electron chi connectivity index (χ0n) is 9.20. The monoisotopic (exact) mass is 228 g/mol. The molecule has 1 rings (SSSR count). The van der Waals surface area contributed by atoms with E-state index in [-0.39, 0.29) is 11.2 Å². The fourth-order valence-corrected chi connectivity index (χ4v) is 2.27. The first-order valence-electron chi connectivity index (χ1n) is 4.91. The highest BCUT2D eigenvalue weighted by atomic mass is 32.1. The van der Waals surface area contributed by atoms with Crippen LogP contribution in [0.5, 0.6) is 0 Å². The number of carboxylic acids is 1. The maximum absolute atomic E-state index is 10.6. The smallest absolute Gasteiger partial charge is 0.355 e. The predicted octanol–water partition coefficient (Wildman–Crippen LogP) is 2.83. The van der Waals surface area contributed by atoms with Crippen LogP contribution in [0.15, 0.2) is 5.38 Å². The van der Waals surface area contributed by atoms with Crippen molar-refractivity contribution >= 4 is 22.4 Å². The molecule has 84 valence electrons. The number of hydrogen-bond donors (Lipinski definition) is 2. The van der Waals surface area contributed by atoms with E-state index in [1.807, 2.05) is 0 Å². The molecule has 15 heavy (non-hydrogen) atoms. The Morgan fingerprint density at radius 3 is 2.80 bits per heavy atom. The normalized spacial score (nSPS) is 11.4. The minimum Gasteiger partial charge on any atom is -0.476 e. The van der Waals surface area contributed by atoms with Crippen LogP contribution >= 0.6 is 11.3 Å². The molecule has 0 spiro atoms. The molecule has 0 aliphatic heterocycles. The average Bonchev–Trinajstić information content (AvgIpc) is 2.51. The van der Waals surface area contributed by atoms with Gasteiger partial charge in [0, 0.05) is 10.9 Å². The lowest BCUT2D eigenvalue weighted by molar-refractivity contribution is 0.0691.